The highest BCUT2D eigenvalue weighted by Gasteiger charge is 2.26. The van der Waals surface area contributed by atoms with E-state index in [4.69, 9.17) is 0 Å². The summed E-state index contributed by atoms with van der Waals surface area (Å²) in [6, 6.07) is 0. The van der Waals surface area contributed by atoms with Gasteiger partial charge in [-0.2, -0.15) is 4.98 Å². The van der Waals surface area contributed by atoms with E-state index in [1.807, 2.05) is 0 Å². The molecule has 1 saturated heterocycles. The van der Waals surface area contributed by atoms with Gasteiger partial charge in [0.25, 0.3) is 5.89 Å². The van der Waals surface area contributed by atoms with E-state index in [1.165, 1.54) is 0 Å². The molecular weight excluding hydrogens is 232 g/mol. The van der Waals surface area contributed by atoms with E-state index in [2.05, 4.69) is 14.7 Å². The lowest BCUT2D eigenvalue weighted by molar-refractivity contribution is 0.108. The van der Waals surface area contributed by atoms with Crippen molar-refractivity contribution in [2.24, 2.45) is 5.92 Å². The summed E-state index contributed by atoms with van der Waals surface area (Å²) < 4.78 is 27.4. The van der Waals surface area contributed by atoms with E-state index in [9.17, 15) is 13.2 Å². The molecule has 1 aromatic heterocycles. The summed E-state index contributed by atoms with van der Waals surface area (Å²) in [5.41, 5.74) is 0. The average molecular weight is 244 g/mol. The Balaban J connectivity index is 2.01. The quantitative estimate of drug-likeness (QED) is 0.708. The largest absolute Gasteiger partial charge is 0.331 e. The molecule has 1 fully saturated rings. The van der Waals surface area contributed by atoms with Gasteiger partial charge in [-0.1, -0.05) is 5.16 Å². The predicted octanol–water partition coefficient (Wildman–Crippen LogP) is 0.249. The summed E-state index contributed by atoms with van der Waals surface area (Å²) in [6.07, 6.45) is 2.47. The monoisotopic (exact) mass is 244 g/mol. The molecule has 16 heavy (non-hydrogen) atoms. The van der Waals surface area contributed by atoms with E-state index in [0.29, 0.717) is 25.0 Å². The Hall–Kier alpha value is -1.24. The van der Waals surface area contributed by atoms with Crippen LogP contribution >= 0.6 is 0 Å². The van der Waals surface area contributed by atoms with E-state index in [1.54, 1.807) is 0 Å². The van der Waals surface area contributed by atoms with E-state index >= 15 is 0 Å². The fourth-order valence-corrected chi connectivity index (χ4v) is 3.71. The van der Waals surface area contributed by atoms with Gasteiger partial charge in [0.1, 0.15) is 0 Å². The number of aromatic nitrogens is 2. The highest BCUT2D eigenvalue weighted by atomic mass is 32.2. The molecule has 0 radical (unpaired) electrons. The van der Waals surface area contributed by atoms with Gasteiger partial charge < -0.3 is 4.52 Å². The maximum absolute atomic E-state index is 11.4. The zero-order valence-corrected chi connectivity index (χ0v) is 9.44. The maximum Gasteiger partial charge on any atom is 0.290 e. The van der Waals surface area contributed by atoms with Gasteiger partial charge in [0, 0.05) is 6.42 Å². The summed E-state index contributed by atoms with van der Waals surface area (Å²) in [4.78, 5) is 14.2. The van der Waals surface area contributed by atoms with Crippen LogP contribution in [0.1, 0.15) is 29.4 Å². The second-order valence-electron chi connectivity index (χ2n) is 3.99. The number of aldehydes is 1. The molecule has 1 atom stereocenters. The summed E-state index contributed by atoms with van der Waals surface area (Å²) in [6.45, 7) is 0. The molecule has 1 aromatic rings. The molecular formula is C9H12N2O4S. The minimum absolute atomic E-state index is 0.0378. The predicted molar refractivity (Wildman–Crippen MR) is 54.8 cm³/mol. The Labute approximate surface area is 93.0 Å². The van der Waals surface area contributed by atoms with Crippen LogP contribution < -0.4 is 0 Å². The molecule has 0 amide bonds. The van der Waals surface area contributed by atoms with Crippen molar-refractivity contribution in [3.63, 3.8) is 0 Å². The first kappa shape index (κ1) is 11.3. The van der Waals surface area contributed by atoms with Gasteiger partial charge in [-0.3, -0.25) is 4.79 Å². The van der Waals surface area contributed by atoms with E-state index in [0.717, 1.165) is 6.42 Å². The molecule has 1 aliphatic heterocycles. The van der Waals surface area contributed by atoms with E-state index < -0.39 is 9.84 Å². The van der Waals surface area contributed by atoms with Crippen molar-refractivity contribution in [1.82, 2.24) is 10.1 Å². The van der Waals surface area contributed by atoms with Crippen LogP contribution in [0.3, 0.4) is 0 Å². The SMILES string of the molecule is O=Cc1nc(CC2CCCS(=O)(=O)C2)no1. The highest BCUT2D eigenvalue weighted by molar-refractivity contribution is 7.91. The number of nitrogens with zero attached hydrogens (tertiary/aromatic N) is 2. The topological polar surface area (TPSA) is 90.1 Å². The fourth-order valence-electron chi connectivity index (χ4n) is 1.94. The van der Waals surface area contributed by atoms with Gasteiger partial charge in [-0.25, -0.2) is 8.42 Å². The lowest BCUT2D eigenvalue weighted by atomic mass is 10.0. The van der Waals surface area contributed by atoms with Crippen molar-refractivity contribution in [2.45, 2.75) is 19.3 Å². The third kappa shape index (κ3) is 2.66. The highest BCUT2D eigenvalue weighted by Crippen LogP contribution is 2.21. The Morgan fingerprint density at radius 2 is 2.31 bits per heavy atom. The van der Waals surface area contributed by atoms with Crippen molar-refractivity contribution in [2.75, 3.05) is 11.5 Å². The lowest BCUT2D eigenvalue weighted by Gasteiger charge is -2.20. The Morgan fingerprint density at radius 3 is 2.94 bits per heavy atom. The first-order chi connectivity index (χ1) is 7.59. The zero-order chi connectivity index (χ0) is 11.6. The molecule has 1 unspecified atom stereocenters. The first-order valence-corrected chi connectivity index (χ1v) is 6.89. The first-order valence-electron chi connectivity index (χ1n) is 5.07. The number of rotatable bonds is 3. The minimum Gasteiger partial charge on any atom is -0.331 e. The van der Waals surface area contributed by atoms with Crippen LogP contribution in [0.4, 0.5) is 0 Å². The van der Waals surface area contributed by atoms with Crippen LogP contribution in [0, 0.1) is 5.92 Å². The van der Waals surface area contributed by atoms with Crippen LogP contribution in [-0.4, -0.2) is 36.4 Å². The molecule has 0 aliphatic carbocycles. The Kier molecular flexibility index (Phi) is 3.04. The molecule has 2 rings (SSSR count). The maximum atomic E-state index is 11.4. The number of carbonyl (C=O) groups excluding carboxylic acids is 1. The lowest BCUT2D eigenvalue weighted by Crippen LogP contribution is -2.26. The molecule has 0 bridgehead atoms. The average Bonchev–Trinajstić information content (AvgIpc) is 2.64. The molecule has 2 heterocycles. The smallest absolute Gasteiger partial charge is 0.290 e. The minimum atomic E-state index is -2.91. The van der Waals surface area contributed by atoms with Gasteiger partial charge in [-0.05, 0) is 18.8 Å². The molecule has 0 N–H and O–H groups in total. The summed E-state index contributed by atoms with van der Waals surface area (Å²) >= 11 is 0. The number of sulfone groups is 1. The molecule has 0 spiro atoms. The molecule has 0 aromatic carbocycles. The number of hydrogen-bond donors (Lipinski definition) is 0. The van der Waals surface area contributed by atoms with Crippen molar-refractivity contribution in [3.05, 3.63) is 11.7 Å². The van der Waals surface area contributed by atoms with Crippen molar-refractivity contribution >= 4 is 16.1 Å². The van der Waals surface area contributed by atoms with Crippen molar-refractivity contribution in [1.29, 1.82) is 0 Å². The summed E-state index contributed by atoms with van der Waals surface area (Å²) in [5.74, 6) is 0.835. The van der Waals surface area contributed by atoms with Crippen LogP contribution in [0.15, 0.2) is 4.52 Å². The van der Waals surface area contributed by atoms with Gasteiger partial charge in [-0.15, -0.1) is 0 Å². The number of hydrogen-bond acceptors (Lipinski definition) is 6. The second-order valence-corrected chi connectivity index (χ2v) is 6.22. The van der Waals surface area contributed by atoms with Crippen LogP contribution in [0.2, 0.25) is 0 Å². The zero-order valence-electron chi connectivity index (χ0n) is 8.63. The normalized spacial score (nSPS) is 24.1. The van der Waals surface area contributed by atoms with E-state index in [-0.39, 0.29) is 23.3 Å². The van der Waals surface area contributed by atoms with Gasteiger partial charge in [0.15, 0.2) is 15.7 Å². The molecule has 7 heteroatoms. The van der Waals surface area contributed by atoms with Crippen LogP contribution in [0.25, 0.3) is 0 Å². The fraction of sp³-hybridized carbons (Fsp3) is 0.667. The Bertz CT molecular complexity index is 479. The Morgan fingerprint density at radius 1 is 1.50 bits per heavy atom. The molecule has 1 aliphatic rings. The standard InChI is InChI=1S/C9H12N2O4S/c12-5-9-10-8(11-15-9)4-7-2-1-3-16(13,14)6-7/h5,7H,1-4,6H2. The molecule has 88 valence electrons. The summed E-state index contributed by atoms with van der Waals surface area (Å²) in [5, 5.41) is 3.62. The third-order valence-corrected chi connectivity index (χ3v) is 4.50. The van der Waals surface area contributed by atoms with Crippen molar-refractivity contribution < 1.29 is 17.7 Å². The van der Waals surface area contributed by atoms with Crippen molar-refractivity contribution in [3.8, 4) is 0 Å². The van der Waals surface area contributed by atoms with Gasteiger partial charge >= 0.3 is 0 Å². The molecule has 6 nitrogen and oxygen atoms in total. The summed E-state index contributed by atoms with van der Waals surface area (Å²) in [7, 11) is -2.91. The van der Waals surface area contributed by atoms with Crippen LogP contribution in [-0.2, 0) is 16.3 Å². The van der Waals surface area contributed by atoms with Crippen LogP contribution in [0.5, 0.6) is 0 Å². The van der Waals surface area contributed by atoms with Gasteiger partial charge in [0.05, 0.1) is 11.5 Å². The molecule has 0 saturated carbocycles. The van der Waals surface area contributed by atoms with Gasteiger partial charge in [0.2, 0.25) is 6.29 Å². The third-order valence-electron chi connectivity index (χ3n) is 2.61. The number of carbonyl (C=O) groups is 1. The second kappa shape index (κ2) is 4.32.